The van der Waals surface area contributed by atoms with Gasteiger partial charge < -0.3 is 5.73 Å². The second-order valence-electron chi connectivity index (χ2n) is 5.88. The van der Waals surface area contributed by atoms with Crippen molar-refractivity contribution in [2.45, 2.75) is 72.8 Å². The van der Waals surface area contributed by atoms with E-state index in [-0.39, 0.29) is 5.54 Å². The first-order valence-electron chi connectivity index (χ1n) is 9.52. The van der Waals surface area contributed by atoms with Crippen LogP contribution in [-0.2, 0) is 0 Å². The van der Waals surface area contributed by atoms with E-state index in [0.29, 0.717) is 0 Å². The van der Waals surface area contributed by atoms with E-state index in [1.807, 2.05) is 27.7 Å². The minimum atomic E-state index is -0.0450. The summed E-state index contributed by atoms with van der Waals surface area (Å²) in [7, 11) is 0. The predicted molar refractivity (Wildman–Crippen MR) is 111 cm³/mol. The molecule has 0 radical (unpaired) electrons. The average molecular weight is 328 g/mol. The third-order valence-electron chi connectivity index (χ3n) is 4.09. The van der Waals surface area contributed by atoms with Crippen LogP contribution in [0, 0.1) is 0 Å². The summed E-state index contributed by atoms with van der Waals surface area (Å²) in [6, 6.07) is 10.6. The van der Waals surface area contributed by atoms with Crippen LogP contribution in [0.2, 0.25) is 0 Å². The third kappa shape index (κ3) is 8.31. The fraction of sp³-hybridized carbons (Fsp3) is 0.478. The van der Waals surface area contributed by atoms with Crippen LogP contribution in [0.5, 0.6) is 0 Å². The van der Waals surface area contributed by atoms with Crippen molar-refractivity contribution in [2.24, 2.45) is 5.73 Å². The molecular weight excluding hydrogens is 290 g/mol. The molecular formula is C23H37N. The lowest BCUT2D eigenvalue weighted by Gasteiger charge is -2.22. The van der Waals surface area contributed by atoms with Gasteiger partial charge in [0.05, 0.1) is 0 Å². The molecule has 0 saturated heterocycles. The van der Waals surface area contributed by atoms with Crippen LogP contribution in [0.3, 0.4) is 0 Å². The van der Waals surface area contributed by atoms with Crippen LogP contribution in [0.1, 0.15) is 72.8 Å². The topological polar surface area (TPSA) is 26.0 Å². The predicted octanol–water partition coefficient (Wildman–Crippen LogP) is 6.92. The Bertz CT molecular complexity index is 518. The van der Waals surface area contributed by atoms with Gasteiger partial charge in [0, 0.05) is 5.54 Å². The van der Waals surface area contributed by atoms with Crippen LogP contribution >= 0.6 is 0 Å². The van der Waals surface area contributed by atoms with Gasteiger partial charge in [-0.15, -0.1) is 0 Å². The van der Waals surface area contributed by atoms with E-state index in [4.69, 9.17) is 5.73 Å². The van der Waals surface area contributed by atoms with Gasteiger partial charge in [-0.1, -0.05) is 94.8 Å². The Morgan fingerprint density at radius 2 is 1.58 bits per heavy atom. The minimum absolute atomic E-state index is 0.0450. The van der Waals surface area contributed by atoms with Gasteiger partial charge in [-0.3, -0.25) is 0 Å². The number of hydrogen-bond donors (Lipinski definition) is 1. The maximum atomic E-state index is 6.23. The monoisotopic (exact) mass is 327 g/mol. The zero-order valence-electron chi connectivity index (χ0n) is 16.6. The van der Waals surface area contributed by atoms with Crippen LogP contribution in [-0.4, -0.2) is 5.54 Å². The lowest BCUT2D eigenvalue weighted by molar-refractivity contribution is 0.419. The van der Waals surface area contributed by atoms with Gasteiger partial charge >= 0.3 is 0 Å². The summed E-state index contributed by atoms with van der Waals surface area (Å²) >= 11 is 0. The zero-order chi connectivity index (χ0) is 18.4. The van der Waals surface area contributed by atoms with Crippen molar-refractivity contribution in [1.82, 2.24) is 0 Å². The van der Waals surface area contributed by atoms with E-state index in [0.717, 1.165) is 25.7 Å². The maximum absolute atomic E-state index is 6.23. The Hall–Kier alpha value is -1.60. The fourth-order valence-electron chi connectivity index (χ4n) is 2.31. The Labute approximate surface area is 150 Å². The van der Waals surface area contributed by atoms with Crippen LogP contribution in [0.15, 0.2) is 60.2 Å². The Balaban J connectivity index is 0.00000123. The summed E-state index contributed by atoms with van der Waals surface area (Å²) in [6.07, 6.45) is 13.2. The van der Waals surface area contributed by atoms with Crippen molar-refractivity contribution in [1.29, 1.82) is 0 Å². The molecule has 0 heterocycles. The van der Waals surface area contributed by atoms with Crippen molar-refractivity contribution in [3.05, 3.63) is 65.8 Å². The average Bonchev–Trinajstić information content (AvgIpc) is 2.90. The molecule has 1 aliphatic rings. The fourth-order valence-corrected chi connectivity index (χ4v) is 2.31. The van der Waals surface area contributed by atoms with Gasteiger partial charge in [0.15, 0.2) is 0 Å². The molecule has 0 spiro atoms. The molecule has 1 atom stereocenters. The number of hydrogen-bond acceptors (Lipinski definition) is 1. The van der Waals surface area contributed by atoms with Crippen LogP contribution in [0.4, 0.5) is 0 Å². The molecule has 0 saturated carbocycles. The highest BCUT2D eigenvalue weighted by Crippen LogP contribution is 2.24. The summed E-state index contributed by atoms with van der Waals surface area (Å²) < 4.78 is 0. The maximum Gasteiger partial charge on any atom is 0.0126 e. The molecule has 1 nitrogen and oxygen atoms in total. The van der Waals surface area contributed by atoms with Gasteiger partial charge in [0.1, 0.15) is 0 Å². The van der Waals surface area contributed by atoms with E-state index < -0.39 is 0 Å². The summed E-state index contributed by atoms with van der Waals surface area (Å²) in [5.74, 6) is 0. The molecule has 1 aliphatic carbocycles. The summed E-state index contributed by atoms with van der Waals surface area (Å²) in [5.41, 5.74) is 10.2. The largest absolute Gasteiger partial charge is 0.325 e. The van der Waals surface area contributed by atoms with E-state index in [1.54, 1.807) is 0 Å². The Morgan fingerprint density at radius 3 is 2.17 bits per heavy atom. The highest BCUT2D eigenvalue weighted by Gasteiger charge is 2.15. The first-order valence-corrected chi connectivity index (χ1v) is 9.52. The van der Waals surface area contributed by atoms with Crippen molar-refractivity contribution in [2.75, 3.05) is 0 Å². The molecule has 2 rings (SSSR count). The van der Waals surface area contributed by atoms with E-state index in [1.165, 1.54) is 16.7 Å². The number of allylic oxidation sites excluding steroid dienone is 6. The number of nitrogens with two attached hydrogens (primary N) is 1. The molecule has 0 fully saturated rings. The van der Waals surface area contributed by atoms with Crippen molar-refractivity contribution >= 4 is 5.57 Å². The normalized spacial score (nSPS) is 15.5. The lowest BCUT2D eigenvalue weighted by atomic mass is 9.91. The molecule has 134 valence electrons. The summed E-state index contributed by atoms with van der Waals surface area (Å²) in [6.45, 7) is 12.3. The molecule has 0 aromatic heterocycles. The van der Waals surface area contributed by atoms with Gasteiger partial charge in [-0.25, -0.2) is 0 Å². The van der Waals surface area contributed by atoms with E-state index >= 15 is 0 Å². The van der Waals surface area contributed by atoms with Crippen LogP contribution < -0.4 is 5.73 Å². The molecule has 0 amide bonds. The quantitative estimate of drug-likeness (QED) is 0.624. The highest BCUT2D eigenvalue weighted by atomic mass is 14.7. The van der Waals surface area contributed by atoms with Crippen LogP contribution in [0.25, 0.3) is 5.57 Å². The van der Waals surface area contributed by atoms with E-state index in [9.17, 15) is 0 Å². The van der Waals surface area contributed by atoms with Gasteiger partial charge in [0.25, 0.3) is 0 Å². The second-order valence-corrected chi connectivity index (χ2v) is 5.88. The SMILES string of the molecule is CC.CC.CCC(C)(N)CCC1=CCC=C(c2ccccc2)C=C1. The molecule has 0 aliphatic heterocycles. The zero-order valence-corrected chi connectivity index (χ0v) is 16.6. The minimum Gasteiger partial charge on any atom is -0.325 e. The third-order valence-corrected chi connectivity index (χ3v) is 4.09. The molecule has 1 heteroatoms. The highest BCUT2D eigenvalue weighted by molar-refractivity contribution is 5.75. The molecule has 1 aromatic carbocycles. The lowest BCUT2D eigenvalue weighted by Crippen LogP contribution is -2.34. The second kappa shape index (κ2) is 12.8. The first kappa shape index (κ1) is 22.4. The molecule has 0 bridgehead atoms. The van der Waals surface area contributed by atoms with Crippen molar-refractivity contribution < 1.29 is 0 Å². The summed E-state index contributed by atoms with van der Waals surface area (Å²) in [5, 5.41) is 0. The molecule has 1 unspecified atom stereocenters. The molecule has 2 N–H and O–H groups in total. The standard InChI is InChI=1S/C19H25N.2C2H6/c1-3-19(2,20)15-14-16-8-7-11-18(13-12-16)17-9-5-4-6-10-17;2*1-2/h4-6,8-13H,3,7,14-15,20H2,1-2H3;2*1-2H3. The number of benzene rings is 1. The van der Waals surface area contributed by atoms with Crippen molar-refractivity contribution in [3.63, 3.8) is 0 Å². The van der Waals surface area contributed by atoms with Crippen molar-refractivity contribution in [3.8, 4) is 0 Å². The van der Waals surface area contributed by atoms with Gasteiger partial charge in [0.2, 0.25) is 0 Å². The van der Waals surface area contributed by atoms with Gasteiger partial charge in [-0.2, -0.15) is 0 Å². The molecule has 1 aromatic rings. The molecule has 24 heavy (non-hydrogen) atoms. The first-order chi connectivity index (χ1) is 11.6. The smallest absolute Gasteiger partial charge is 0.0126 e. The summed E-state index contributed by atoms with van der Waals surface area (Å²) in [4.78, 5) is 0. The number of rotatable bonds is 5. The Kier molecular flexibility index (Phi) is 11.9. The Morgan fingerprint density at radius 1 is 0.958 bits per heavy atom. The van der Waals surface area contributed by atoms with Gasteiger partial charge in [-0.05, 0) is 43.7 Å². The van der Waals surface area contributed by atoms with E-state index in [2.05, 4.69) is 68.5 Å².